The standard InChI is InChI=1S/C17H17F4NO2/c1-2-14-15(23)22-13-6-5-11(18)9-12(13)16(24-14,17(19,20)21)8-7-10-3-4-10/h5-10,14H,2-4H2,1H3,(H,22,23)/t14-,16-/m0/s1. The van der Waals surface area contributed by atoms with Crippen LogP contribution in [-0.4, -0.2) is 18.2 Å². The van der Waals surface area contributed by atoms with Gasteiger partial charge in [-0.3, -0.25) is 4.79 Å². The van der Waals surface area contributed by atoms with Crippen molar-refractivity contribution in [2.24, 2.45) is 5.92 Å². The summed E-state index contributed by atoms with van der Waals surface area (Å²) < 4.78 is 61.2. The van der Waals surface area contributed by atoms with Crippen molar-refractivity contribution >= 4 is 11.6 Å². The van der Waals surface area contributed by atoms with E-state index in [0.717, 1.165) is 37.1 Å². The van der Waals surface area contributed by atoms with Gasteiger partial charge in [0, 0.05) is 11.3 Å². The molecule has 1 heterocycles. The molecule has 130 valence electrons. The molecule has 0 unspecified atom stereocenters. The molecule has 1 fully saturated rings. The van der Waals surface area contributed by atoms with Gasteiger partial charge in [0.2, 0.25) is 5.60 Å². The number of hydrogen-bond acceptors (Lipinski definition) is 2. The molecule has 0 spiro atoms. The van der Waals surface area contributed by atoms with Gasteiger partial charge in [-0.05, 0) is 49.5 Å². The van der Waals surface area contributed by atoms with Gasteiger partial charge in [-0.1, -0.05) is 13.0 Å². The lowest BCUT2D eigenvalue weighted by Gasteiger charge is -2.34. The first-order chi connectivity index (χ1) is 11.3. The molecule has 24 heavy (non-hydrogen) atoms. The molecule has 0 radical (unpaired) electrons. The Morgan fingerprint density at radius 3 is 2.67 bits per heavy atom. The molecule has 0 bridgehead atoms. The molecule has 0 aromatic heterocycles. The number of hydrogen-bond donors (Lipinski definition) is 1. The predicted octanol–water partition coefficient (Wildman–Crippen LogP) is 4.30. The Hall–Kier alpha value is -1.89. The number of halogens is 4. The van der Waals surface area contributed by atoms with Crippen LogP contribution in [0, 0.1) is 11.7 Å². The first kappa shape index (κ1) is 17.0. The Morgan fingerprint density at radius 1 is 1.38 bits per heavy atom. The van der Waals surface area contributed by atoms with Crippen LogP contribution in [0.25, 0.3) is 0 Å². The Labute approximate surface area is 136 Å². The van der Waals surface area contributed by atoms with Crippen molar-refractivity contribution in [2.45, 2.75) is 44.1 Å². The highest BCUT2D eigenvalue weighted by Gasteiger charge is 2.59. The van der Waals surface area contributed by atoms with Crippen molar-refractivity contribution in [3.63, 3.8) is 0 Å². The zero-order chi connectivity index (χ0) is 17.5. The van der Waals surface area contributed by atoms with Crippen LogP contribution in [0.1, 0.15) is 31.7 Å². The van der Waals surface area contributed by atoms with Gasteiger partial charge in [0.05, 0.1) is 0 Å². The number of ether oxygens (including phenoxy) is 1. The first-order valence-corrected chi connectivity index (χ1v) is 7.81. The van der Waals surface area contributed by atoms with Gasteiger partial charge in [0.25, 0.3) is 5.91 Å². The van der Waals surface area contributed by atoms with E-state index < -0.39 is 35.2 Å². The van der Waals surface area contributed by atoms with Gasteiger partial charge in [0.15, 0.2) is 0 Å². The number of carbonyl (C=O) groups excluding carboxylic acids is 1. The minimum atomic E-state index is -4.85. The average Bonchev–Trinajstić information content (AvgIpc) is 3.32. The van der Waals surface area contributed by atoms with Gasteiger partial charge in [-0.2, -0.15) is 13.2 Å². The fourth-order valence-electron chi connectivity index (χ4n) is 2.76. The van der Waals surface area contributed by atoms with Gasteiger partial charge >= 0.3 is 6.18 Å². The molecule has 0 saturated heterocycles. The third kappa shape index (κ3) is 2.92. The molecule has 1 aliphatic carbocycles. The summed E-state index contributed by atoms with van der Waals surface area (Å²) in [5, 5.41) is 2.42. The number of nitrogens with one attached hydrogen (secondary N) is 1. The van der Waals surface area contributed by atoms with Crippen molar-refractivity contribution in [3.8, 4) is 0 Å². The number of carbonyl (C=O) groups is 1. The molecule has 1 aromatic rings. The summed E-state index contributed by atoms with van der Waals surface area (Å²) >= 11 is 0. The smallest absolute Gasteiger partial charge is 0.344 e. The number of rotatable bonds is 3. The molecule has 3 nitrogen and oxygen atoms in total. The summed E-state index contributed by atoms with van der Waals surface area (Å²) in [6.45, 7) is 1.56. The van der Waals surface area contributed by atoms with E-state index >= 15 is 0 Å². The van der Waals surface area contributed by atoms with Crippen molar-refractivity contribution in [1.29, 1.82) is 0 Å². The number of alkyl halides is 3. The summed E-state index contributed by atoms with van der Waals surface area (Å²) in [5.41, 5.74) is -3.38. The van der Waals surface area contributed by atoms with E-state index in [2.05, 4.69) is 5.32 Å². The van der Waals surface area contributed by atoms with E-state index in [1.165, 1.54) is 6.08 Å². The van der Waals surface area contributed by atoms with E-state index in [4.69, 9.17) is 4.74 Å². The Bertz CT molecular complexity index is 682. The molecular formula is C17H17F4NO2. The van der Waals surface area contributed by atoms with Crippen molar-refractivity contribution in [1.82, 2.24) is 0 Å². The Balaban J connectivity index is 2.22. The molecule has 7 heteroatoms. The quantitative estimate of drug-likeness (QED) is 0.656. The number of fused-ring (bicyclic) bond motifs is 1. The van der Waals surface area contributed by atoms with Crippen LogP contribution < -0.4 is 5.32 Å². The molecule has 1 aliphatic heterocycles. The molecule has 2 aliphatic rings. The summed E-state index contributed by atoms with van der Waals surface area (Å²) in [4.78, 5) is 12.1. The van der Waals surface area contributed by atoms with E-state index in [9.17, 15) is 22.4 Å². The maximum atomic E-state index is 14.1. The van der Waals surface area contributed by atoms with Gasteiger partial charge in [0.1, 0.15) is 11.9 Å². The third-order valence-electron chi connectivity index (χ3n) is 4.28. The maximum Gasteiger partial charge on any atom is 0.425 e. The first-order valence-electron chi connectivity index (χ1n) is 7.81. The summed E-state index contributed by atoms with van der Waals surface area (Å²) in [6, 6.07) is 2.92. The number of benzene rings is 1. The summed E-state index contributed by atoms with van der Waals surface area (Å²) in [7, 11) is 0. The number of anilines is 1. The molecule has 2 atom stereocenters. The van der Waals surface area contributed by atoms with E-state index in [1.807, 2.05) is 0 Å². The topological polar surface area (TPSA) is 38.3 Å². The second-order valence-electron chi connectivity index (χ2n) is 6.12. The maximum absolute atomic E-state index is 14.1. The van der Waals surface area contributed by atoms with E-state index in [-0.39, 0.29) is 18.0 Å². The lowest BCUT2D eigenvalue weighted by atomic mass is 9.90. The molecule has 1 aromatic carbocycles. The largest absolute Gasteiger partial charge is 0.425 e. The SMILES string of the molecule is CC[C@@H]1O[C@](C=CC2CC2)(C(F)(F)F)c2cc(F)ccc2NC1=O. The molecule has 1 saturated carbocycles. The van der Waals surface area contributed by atoms with Crippen LogP contribution in [0.2, 0.25) is 0 Å². The van der Waals surface area contributed by atoms with Crippen molar-refractivity contribution < 1.29 is 27.1 Å². The number of allylic oxidation sites excluding steroid dienone is 1. The Kier molecular flexibility index (Phi) is 4.15. The van der Waals surface area contributed by atoms with Crippen LogP contribution in [0.3, 0.4) is 0 Å². The highest BCUT2D eigenvalue weighted by atomic mass is 19.4. The Morgan fingerprint density at radius 2 is 2.08 bits per heavy atom. The zero-order valence-corrected chi connectivity index (χ0v) is 13.0. The van der Waals surface area contributed by atoms with Crippen LogP contribution in [0.4, 0.5) is 23.2 Å². The van der Waals surface area contributed by atoms with Crippen molar-refractivity contribution in [3.05, 3.63) is 41.7 Å². The van der Waals surface area contributed by atoms with Crippen LogP contribution in [-0.2, 0) is 15.1 Å². The highest BCUT2D eigenvalue weighted by Crippen LogP contribution is 2.49. The highest BCUT2D eigenvalue weighted by molar-refractivity contribution is 5.96. The fraction of sp³-hybridized carbons (Fsp3) is 0.471. The summed E-state index contributed by atoms with van der Waals surface area (Å²) in [6.07, 6.45) is -2.05. The van der Waals surface area contributed by atoms with E-state index in [0.29, 0.717) is 0 Å². The molecule has 1 amide bonds. The van der Waals surface area contributed by atoms with Gasteiger partial charge in [-0.15, -0.1) is 0 Å². The lowest BCUT2D eigenvalue weighted by molar-refractivity contribution is -0.273. The molecule has 1 N–H and O–H groups in total. The number of amides is 1. The van der Waals surface area contributed by atoms with Gasteiger partial charge in [-0.25, -0.2) is 4.39 Å². The zero-order valence-electron chi connectivity index (χ0n) is 13.0. The summed E-state index contributed by atoms with van der Waals surface area (Å²) in [5.74, 6) is -1.43. The average molecular weight is 343 g/mol. The predicted molar refractivity (Wildman–Crippen MR) is 79.8 cm³/mol. The molecular weight excluding hydrogens is 326 g/mol. The minimum absolute atomic E-state index is 0.0665. The van der Waals surface area contributed by atoms with Crippen LogP contribution in [0.15, 0.2) is 30.4 Å². The minimum Gasteiger partial charge on any atom is -0.344 e. The van der Waals surface area contributed by atoms with Gasteiger partial charge < -0.3 is 10.1 Å². The fourth-order valence-corrected chi connectivity index (χ4v) is 2.76. The van der Waals surface area contributed by atoms with Crippen molar-refractivity contribution in [2.75, 3.05) is 5.32 Å². The second kappa shape index (κ2) is 5.88. The monoisotopic (exact) mass is 343 g/mol. The lowest BCUT2D eigenvalue weighted by Crippen LogP contribution is -2.46. The van der Waals surface area contributed by atoms with Crippen LogP contribution in [0.5, 0.6) is 0 Å². The second-order valence-corrected chi connectivity index (χ2v) is 6.12. The molecule has 3 rings (SSSR count). The van der Waals surface area contributed by atoms with E-state index in [1.54, 1.807) is 6.92 Å². The normalized spacial score (nSPS) is 27.7. The third-order valence-corrected chi connectivity index (χ3v) is 4.28. The van der Waals surface area contributed by atoms with Crippen LogP contribution >= 0.6 is 0 Å².